The highest BCUT2D eigenvalue weighted by molar-refractivity contribution is 5.98. The van der Waals surface area contributed by atoms with E-state index in [0.717, 1.165) is 18.8 Å². The maximum absolute atomic E-state index is 11.9. The van der Waals surface area contributed by atoms with Gasteiger partial charge in [0, 0.05) is 19.6 Å². The van der Waals surface area contributed by atoms with Crippen LogP contribution in [-0.2, 0) is 4.74 Å². The standard InChI is InChI=1S/C16H25N3O2/c1-4-21-16(20)13-8-5-9-14(15(13)17)19(3)11-12-7-6-10-18(12)2/h5,8-9,12H,4,6-7,10-11,17H2,1-3H3. The van der Waals surface area contributed by atoms with Crippen molar-refractivity contribution in [2.24, 2.45) is 0 Å². The molecule has 1 aliphatic heterocycles. The van der Waals surface area contributed by atoms with Crippen molar-refractivity contribution in [3.63, 3.8) is 0 Å². The van der Waals surface area contributed by atoms with Crippen LogP contribution in [0.15, 0.2) is 18.2 Å². The molecule has 1 unspecified atom stereocenters. The van der Waals surface area contributed by atoms with Crippen LogP contribution in [0.1, 0.15) is 30.1 Å². The van der Waals surface area contributed by atoms with Crippen LogP contribution in [0.2, 0.25) is 0 Å². The van der Waals surface area contributed by atoms with Gasteiger partial charge in [-0.3, -0.25) is 0 Å². The molecule has 2 N–H and O–H groups in total. The molecule has 0 radical (unpaired) electrons. The Morgan fingerprint density at radius 3 is 2.90 bits per heavy atom. The van der Waals surface area contributed by atoms with Crippen LogP contribution in [0.25, 0.3) is 0 Å². The largest absolute Gasteiger partial charge is 0.462 e. The number of likely N-dealkylation sites (tertiary alicyclic amines) is 1. The van der Waals surface area contributed by atoms with Gasteiger partial charge in [-0.05, 0) is 45.5 Å². The first-order valence-corrected chi connectivity index (χ1v) is 7.51. The third kappa shape index (κ3) is 3.47. The molecule has 116 valence electrons. The molecule has 21 heavy (non-hydrogen) atoms. The maximum Gasteiger partial charge on any atom is 0.340 e. The summed E-state index contributed by atoms with van der Waals surface area (Å²) in [6, 6.07) is 6.06. The number of hydrogen-bond acceptors (Lipinski definition) is 5. The molecule has 1 aliphatic rings. The zero-order chi connectivity index (χ0) is 15.4. The predicted octanol–water partition coefficient (Wildman–Crippen LogP) is 1.98. The number of anilines is 2. The highest BCUT2D eigenvalue weighted by atomic mass is 16.5. The molecule has 1 aromatic carbocycles. The van der Waals surface area contributed by atoms with Crippen molar-refractivity contribution in [2.75, 3.05) is 44.4 Å². The van der Waals surface area contributed by atoms with E-state index in [-0.39, 0.29) is 5.97 Å². The Morgan fingerprint density at radius 1 is 1.52 bits per heavy atom. The summed E-state index contributed by atoms with van der Waals surface area (Å²) >= 11 is 0. The Kier molecular flexibility index (Phi) is 5.07. The second-order valence-electron chi connectivity index (χ2n) is 5.62. The molecular weight excluding hydrogens is 266 g/mol. The molecular formula is C16H25N3O2. The Bertz CT molecular complexity index is 504. The predicted molar refractivity (Wildman–Crippen MR) is 85.7 cm³/mol. The third-order valence-electron chi connectivity index (χ3n) is 4.15. The number of para-hydroxylation sites is 1. The molecule has 0 aliphatic carbocycles. The Hall–Kier alpha value is -1.75. The fourth-order valence-electron chi connectivity index (χ4n) is 2.90. The number of carbonyl (C=O) groups excluding carboxylic acids is 1. The van der Waals surface area contributed by atoms with Gasteiger partial charge < -0.3 is 20.3 Å². The van der Waals surface area contributed by atoms with Gasteiger partial charge in [-0.1, -0.05) is 6.07 Å². The Morgan fingerprint density at radius 2 is 2.29 bits per heavy atom. The Labute approximate surface area is 126 Å². The van der Waals surface area contributed by atoms with E-state index in [4.69, 9.17) is 10.5 Å². The van der Waals surface area contributed by atoms with Gasteiger partial charge in [0.15, 0.2) is 0 Å². The highest BCUT2D eigenvalue weighted by Gasteiger charge is 2.23. The molecule has 0 spiro atoms. The number of likely N-dealkylation sites (N-methyl/N-ethyl adjacent to an activating group) is 2. The fraction of sp³-hybridized carbons (Fsp3) is 0.562. The molecule has 0 saturated carbocycles. The average Bonchev–Trinajstić information content (AvgIpc) is 2.84. The summed E-state index contributed by atoms with van der Waals surface area (Å²) in [5.41, 5.74) is 8.00. The molecule has 1 atom stereocenters. The van der Waals surface area contributed by atoms with E-state index in [0.29, 0.717) is 23.9 Å². The first-order chi connectivity index (χ1) is 10.0. The van der Waals surface area contributed by atoms with E-state index in [2.05, 4.69) is 16.8 Å². The van der Waals surface area contributed by atoms with Crippen LogP contribution in [0.4, 0.5) is 11.4 Å². The SMILES string of the molecule is CCOC(=O)c1cccc(N(C)CC2CCCN2C)c1N. The number of nitrogens with zero attached hydrogens (tertiary/aromatic N) is 2. The number of nitrogens with two attached hydrogens (primary N) is 1. The summed E-state index contributed by atoms with van der Waals surface area (Å²) in [6.45, 7) is 4.20. The number of carbonyl (C=O) groups is 1. The zero-order valence-electron chi connectivity index (χ0n) is 13.1. The molecule has 0 aromatic heterocycles. The zero-order valence-corrected chi connectivity index (χ0v) is 13.1. The van der Waals surface area contributed by atoms with E-state index >= 15 is 0 Å². The molecule has 5 heteroatoms. The maximum atomic E-state index is 11.9. The van der Waals surface area contributed by atoms with Crippen molar-refractivity contribution in [1.82, 2.24) is 4.90 Å². The summed E-state index contributed by atoms with van der Waals surface area (Å²) in [5, 5.41) is 0. The summed E-state index contributed by atoms with van der Waals surface area (Å²) in [7, 11) is 4.18. The minimum Gasteiger partial charge on any atom is -0.462 e. The molecule has 1 saturated heterocycles. The van der Waals surface area contributed by atoms with Crippen molar-refractivity contribution in [3.8, 4) is 0 Å². The van der Waals surface area contributed by atoms with Crippen molar-refractivity contribution < 1.29 is 9.53 Å². The smallest absolute Gasteiger partial charge is 0.340 e. The number of benzene rings is 1. The number of hydrogen-bond donors (Lipinski definition) is 1. The summed E-state index contributed by atoms with van der Waals surface area (Å²) in [5.74, 6) is -0.358. The fourth-order valence-corrected chi connectivity index (χ4v) is 2.90. The van der Waals surface area contributed by atoms with Crippen LogP contribution in [0.5, 0.6) is 0 Å². The molecule has 0 bridgehead atoms. The lowest BCUT2D eigenvalue weighted by Gasteiger charge is -2.28. The van der Waals surface area contributed by atoms with Gasteiger partial charge >= 0.3 is 5.97 Å². The van der Waals surface area contributed by atoms with Crippen molar-refractivity contribution in [3.05, 3.63) is 23.8 Å². The van der Waals surface area contributed by atoms with Crippen LogP contribution in [0.3, 0.4) is 0 Å². The normalized spacial score (nSPS) is 18.7. The van der Waals surface area contributed by atoms with E-state index in [1.165, 1.54) is 12.8 Å². The van der Waals surface area contributed by atoms with Crippen LogP contribution in [0, 0.1) is 0 Å². The van der Waals surface area contributed by atoms with Gasteiger partial charge in [0.05, 0.1) is 23.5 Å². The van der Waals surface area contributed by atoms with Crippen molar-refractivity contribution >= 4 is 17.3 Å². The van der Waals surface area contributed by atoms with Crippen molar-refractivity contribution in [2.45, 2.75) is 25.8 Å². The number of nitrogen functional groups attached to an aromatic ring is 1. The second-order valence-corrected chi connectivity index (χ2v) is 5.62. The van der Waals surface area contributed by atoms with E-state index < -0.39 is 0 Å². The minimum absolute atomic E-state index is 0.352. The van der Waals surface area contributed by atoms with Gasteiger partial charge in [-0.15, -0.1) is 0 Å². The summed E-state index contributed by atoms with van der Waals surface area (Å²) in [4.78, 5) is 16.4. The van der Waals surface area contributed by atoms with Crippen LogP contribution < -0.4 is 10.6 Å². The van der Waals surface area contributed by atoms with Gasteiger partial charge in [0.2, 0.25) is 0 Å². The van der Waals surface area contributed by atoms with E-state index in [1.807, 2.05) is 19.2 Å². The topological polar surface area (TPSA) is 58.8 Å². The van der Waals surface area contributed by atoms with Gasteiger partial charge in [0.1, 0.15) is 0 Å². The molecule has 1 aromatic rings. The second kappa shape index (κ2) is 6.80. The lowest BCUT2D eigenvalue weighted by Crippen LogP contribution is -2.37. The minimum atomic E-state index is -0.358. The molecule has 1 fully saturated rings. The highest BCUT2D eigenvalue weighted by Crippen LogP contribution is 2.28. The van der Waals surface area contributed by atoms with Gasteiger partial charge in [-0.2, -0.15) is 0 Å². The molecule has 2 rings (SSSR count). The lowest BCUT2D eigenvalue weighted by molar-refractivity contribution is 0.0527. The van der Waals surface area contributed by atoms with Crippen LogP contribution in [-0.4, -0.2) is 50.7 Å². The first-order valence-electron chi connectivity index (χ1n) is 7.51. The Balaban J connectivity index is 2.15. The monoisotopic (exact) mass is 291 g/mol. The average molecular weight is 291 g/mol. The lowest BCUT2D eigenvalue weighted by atomic mass is 10.1. The van der Waals surface area contributed by atoms with Gasteiger partial charge in [-0.25, -0.2) is 4.79 Å². The number of ether oxygens (including phenoxy) is 1. The molecule has 5 nitrogen and oxygen atoms in total. The third-order valence-corrected chi connectivity index (χ3v) is 4.15. The van der Waals surface area contributed by atoms with E-state index in [1.54, 1.807) is 13.0 Å². The number of rotatable bonds is 5. The first kappa shape index (κ1) is 15.6. The van der Waals surface area contributed by atoms with E-state index in [9.17, 15) is 4.79 Å². The quantitative estimate of drug-likeness (QED) is 0.664. The number of esters is 1. The summed E-state index contributed by atoms with van der Waals surface area (Å²) < 4.78 is 5.05. The van der Waals surface area contributed by atoms with Crippen molar-refractivity contribution in [1.29, 1.82) is 0 Å². The molecule has 0 amide bonds. The van der Waals surface area contributed by atoms with Gasteiger partial charge in [0.25, 0.3) is 0 Å². The molecule has 1 heterocycles. The summed E-state index contributed by atoms with van der Waals surface area (Å²) in [6.07, 6.45) is 2.45. The van der Waals surface area contributed by atoms with Crippen LogP contribution >= 0.6 is 0 Å².